The number of ether oxygens (including phenoxy) is 1. The Kier molecular flexibility index (Phi) is 14.0. The fraction of sp³-hybridized carbons (Fsp3) is 1.00. The van der Waals surface area contributed by atoms with Crippen molar-refractivity contribution in [2.45, 2.75) is 45.1 Å². The third-order valence-electron chi connectivity index (χ3n) is 1.31. The van der Waals surface area contributed by atoms with Gasteiger partial charge in [0.1, 0.15) is 5.56 Å². The fourth-order valence-corrected chi connectivity index (χ4v) is 0.973. The molecule has 0 aliphatic rings. The second-order valence-corrected chi connectivity index (χ2v) is 2.91. The Morgan fingerprint density at radius 3 is 2.36 bits per heavy atom. The standard InChI is InChI=1S/C8H17ClO.Al.3H/c1-3-5-7-10-8(9)6-4-2;;;;/h8H,3-7H2,1-2H3;;;;. The molecule has 68 valence electrons. The molecule has 3 heteroatoms. The molecule has 0 aromatic rings. The van der Waals surface area contributed by atoms with Crippen molar-refractivity contribution in [1.29, 1.82) is 0 Å². The van der Waals surface area contributed by atoms with Crippen LogP contribution in [0.3, 0.4) is 0 Å². The van der Waals surface area contributed by atoms with E-state index in [1.54, 1.807) is 0 Å². The summed E-state index contributed by atoms with van der Waals surface area (Å²) in [6, 6.07) is 0. The molecule has 11 heavy (non-hydrogen) atoms. The summed E-state index contributed by atoms with van der Waals surface area (Å²) in [4.78, 5) is 0. The third-order valence-corrected chi connectivity index (χ3v) is 1.66. The van der Waals surface area contributed by atoms with Gasteiger partial charge in [-0.2, -0.15) is 0 Å². The number of alkyl halides is 1. The van der Waals surface area contributed by atoms with Gasteiger partial charge in [0.15, 0.2) is 17.4 Å². The van der Waals surface area contributed by atoms with E-state index in [2.05, 4.69) is 13.8 Å². The van der Waals surface area contributed by atoms with Gasteiger partial charge in [-0.15, -0.1) is 0 Å². The summed E-state index contributed by atoms with van der Waals surface area (Å²) in [6.45, 7) is 5.07. The molecule has 0 fully saturated rings. The van der Waals surface area contributed by atoms with Gasteiger partial charge in [0.2, 0.25) is 0 Å². The quantitative estimate of drug-likeness (QED) is 0.357. The van der Waals surface area contributed by atoms with Gasteiger partial charge in [-0.3, -0.25) is 0 Å². The normalized spacial score (nSPS) is 12.3. The van der Waals surface area contributed by atoms with Crippen molar-refractivity contribution in [3.05, 3.63) is 0 Å². The van der Waals surface area contributed by atoms with Crippen LogP contribution in [0.4, 0.5) is 0 Å². The van der Waals surface area contributed by atoms with E-state index in [0.717, 1.165) is 25.9 Å². The van der Waals surface area contributed by atoms with Crippen molar-refractivity contribution >= 4 is 29.0 Å². The molecule has 0 aliphatic carbocycles. The molecule has 0 saturated carbocycles. The highest BCUT2D eigenvalue weighted by molar-refractivity contribution is 6.19. The van der Waals surface area contributed by atoms with Gasteiger partial charge in [0.25, 0.3) is 0 Å². The van der Waals surface area contributed by atoms with E-state index in [1.807, 2.05) is 0 Å². The maximum atomic E-state index is 5.79. The van der Waals surface area contributed by atoms with E-state index < -0.39 is 0 Å². The Labute approximate surface area is 85.6 Å². The summed E-state index contributed by atoms with van der Waals surface area (Å²) >= 11 is 5.79. The summed E-state index contributed by atoms with van der Waals surface area (Å²) < 4.78 is 5.29. The highest BCUT2D eigenvalue weighted by atomic mass is 35.5. The van der Waals surface area contributed by atoms with E-state index in [9.17, 15) is 0 Å². The third kappa shape index (κ3) is 10.8. The topological polar surface area (TPSA) is 9.23 Å². The van der Waals surface area contributed by atoms with Gasteiger partial charge in [-0.1, -0.05) is 38.3 Å². The van der Waals surface area contributed by atoms with Crippen LogP contribution in [0.25, 0.3) is 0 Å². The van der Waals surface area contributed by atoms with Gasteiger partial charge >= 0.3 is 0 Å². The molecule has 1 atom stereocenters. The summed E-state index contributed by atoms with van der Waals surface area (Å²) in [5.41, 5.74) is -0.0588. The van der Waals surface area contributed by atoms with Crippen LogP contribution in [0.2, 0.25) is 0 Å². The minimum Gasteiger partial charge on any atom is -0.362 e. The SMILES string of the molecule is CCCCOC(Cl)CCC.[AlH3]. The lowest BCUT2D eigenvalue weighted by Gasteiger charge is -2.08. The van der Waals surface area contributed by atoms with Gasteiger partial charge in [0, 0.05) is 6.61 Å². The largest absolute Gasteiger partial charge is 0.362 e. The average Bonchev–Trinajstić information content (AvgIpc) is 1.89. The first-order valence-electron chi connectivity index (χ1n) is 4.07. The minimum absolute atomic E-state index is 0. The number of halogens is 1. The second-order valence-electron chi connectivity index (χ2n) is 2.42. The van der Waals surface area contributed by atoms with Crippen LogP contribution >= 0.6 is 11.6 Å². The van der Waals surface area contributed by atoms with E-state index in [4.69, 9.17) is 16.3 Å². The van der Waals surface area contributed by atoms with Crippen LogP contribution in [-0.4, -0.2) is 29.5 Å². The number of unbranched alkanes of at least 4 members (excludes halogenated alkanes) is 1. The predicted octanol–water partition coefficient (Wildman–Crippen LogP) is 1.98. The molecule has 0 rings (SSSR count). The summed E-state index contributed by atoms with van der Waals surface area (Å²) in [5.74, 6) is 0. The molecule has 0 aliphatic heterocycles. The molecular formula is C8H20AlClO. The van der Waals surface area contributed by atoms with E-state index >= 15 is 0 Å². The first-order chi connectivity index (χ1) is 4.81. The second kappa shape index (κ2) is 10.8. The average molecular weight is 195 g/mol. The Morgan fingerprint density at radius 1 is 1.27 bits per heavy atom. The smallest absolute Gasteiger partial charge is 0.187 e. The molecular weight excluding hydrogens is 175 g/mol. The number of hydrogen-bond donors (Lipinski definition) is 0. The molecule has 0 aromatic heterocycles. The van der Waals surface area contributed by atoms with Crippen LogP contribution in [0.5, 0.6) is 0 Å². The van der Waals surface area contributed by atoms with E-state index in [0.29, 0.717) is 0 Å². The molecule has 1 unspecified atom stereocenters. The fourth-order valence-electron chi connectivity index (χ4n) is 0.666. The summed E-state index contributed by atoms with van der Waals surface area (Å²) in [6.07, 6.45) is 4.36. The molecule has 0 spiro atoms. The van der Waals surface area contributed by atoms with Crippen LogP contribution in [0.15, 0.2) is 0 Å². The number of hydrogen-bond acceptors (Lipinski definition) is 1. The summed E-state index contributed by atoms with van der Waals surface area (Å²) in [5, 5.41) is 0. The van der Waals surface area contributed by atoms with Crippen LogP contribution < -0.4 is 0 Å². The molecule has 0 amide bonds. The Morgan fingerprint density at radius 2 is 1.91 bits per heavy atom. The molecule has 1 nitrogen and oxygen atoms in total. The highest BCUT2D eigenvalue weighted by Crippen LogP contribution is 2.07. The molecule has 0 heterocycles. The van der Waals surface area contributed by atoms with Gasteiger partial charge < -0.3 is 4.74 Å². The van der Waals surface area contributed by atoms with Crippen molar-refractivity contribution in [2.24, 2.45) is 0 Å². The first kappa shape index (κ1) is 14.3. The lowest BCUT2D eigenvalue weighted by atomic mass is 10.3. The van der Waals surface area contributed by atoms with Crippen LogP contribution in [0, 0.1) is 0 Å². The first-order valence-corrected chi connectivity index (χ1v) is 4.50. The van der Waals surface area contributed by atoms with Gasteiger partial charge in [0.05, 0.1) is 0 Å². The molecule has 0 radical (unpaired) electrons. The van der Waals surface area contributed by atoms with Gasteiger partial charge in [-0.05, 0) is 12.8 Å². The maximum absolute atomic E-state index is 5.79. The van der Waals surface area contributed by atoms with Crippen molar-refractivity contribution in [3.63, 3.8) is 0 Å². The Bertz CT molecular complexity index is 71.1. The maximum Gasteiger partial charge on any atom is 0.187 e. The monoisotopic (exact) mass is 194 g/mol. The zero-order chi connectivity index (χ0) is 7.82. The Hall–Kier alpha value is 0.782. The summed E-state index contributed by atoms with van der Waals surface area (Å²) in [7, 11) is 0. The lowest BCUT2D eigenvalue weighted by Crippen LogP contribution is -2.05. The van der Waals surface area contributed by atoms with Crippen LogP contribution in [0.1, 0.15) is 39.5 Å². The zero-order valence-electron chi connectivity index (χ0n) is 6.90. The van der Waals surface area contributed by atoms with Crippen molar-refractivity contribution in [3.8, 4) is 0 Å². The number of rotatable bonds is 6. The molecule has 0 saturated heterocycles. The highest BCUT2D eigenvalue weighted by Gasteiger charge is 2.00. The lowest BCUT2D eigenvalue weighted by molar-refractivity contribution is 0.0989. The van der Waals surface area contributed by atoms with Crippen LogP contribution in [-0.2, 0) is 4.74 Å². The molecule has 0 bridgehead atoms. The van der Waals surface area contributed by atoms with E-state index in [-0.39, 0.29) is 22.9 Å². The van der Waals surface area contributed by atoms with E-state index in [1.165, 1.54) is 6.42 Å². The predicted molar refractivity (Wildman–Crippen MR) is 55.3 cm³/mol. The molecule has 0 aromatic carbocycles. The van der Waals surface area contributed by atoms with Gasteiger partial charge in [-0.25, -0.2) is 0 Å². The van der Waals surface area contributed by atoms with Crippen molar-refractivity contribution in [2.75, 3.05) is 6.61 Å². The van der Waals surface area contributed by atoms with Crippen molar-refractivity contribution in [1.82, 2.24) is 0 Å². The Balaban J connectivity index is 0. The minimum atomic E-state index is -0.0588. The molecule has 0 N–H and O–H groups in total. The van der Waals surface area contributed by atoms with Crippen molar-refractivity contribution < 1.29 is 4.74 Å². The zero-order valence-corrected chi connectivity index (χ0v) is 7.66.